The van der Waals surface area contributed by atoms with Crippen molar-refractivity contribution in [2.75, 3.05) is 19.7 Å². The van der Waals surface area contributed by atoms with Gasteiger partial charge in [-0.25, -0.2) is 0 Å². The van der Waals surface area contributed by atoms with E-state index in [0.717, 1.165) is 24.8 Å². The number of carbonyl (C=O) groups excluding carboxylic acids is 3. The minimum atomic E-state index is -0.712. The molecule has 3 unspecified atom stereocenters. The van der Waals surface area contributed by atoms with Crippen molar-refractivity contribution in [1.29, 1.82) is 0 Å². The molecule has 7 atom stereocenters. The van der Waals surface area contributed by atoms with Crippen LogP contribution in [0.4, 0.5) is 0 Å². The number of carbonyl (C=O) groups is 3. The molecule has 0 aliphatic carbocycles. The Morgan fingerprint density at radius 2 is 1.88 bits per heavy atom. The number of aliphatic hydroxyl groups is 1. The molecule has 7 nitrogen and oxygen atoms in total. The zero-order valence-corrected chi connectivity index (χ0v) is 25.0. The number of benzene rings is 1. The standard InChI is InChI=1S/C32H45N3O4S/c1-6-13-22(5)34(19-8-3)31(39)28-32-17-16-25(40-32)26(27(32)30(38)35(28)24(9-4)21-36)29(37)33(18-7-2)20-23-14-11-10-12-15-23/h7-8,10-12,14-15,22,24-28,36H,2-3,6,9,13,16-21H2,1,4-5H3/t22?,24-,25+,26-,27-,28?,32?/m0/s1. The second-order valence-electron chi connectivity index (χ2n) is 11.5. The van der Waals surface area contributed by atoms with Crippen molar-refractivity contribution >= 4 is 29.5 Å². The Morgan fingerprint density at radius 1 is 1.18 bits per heavy atom. The van der Waals surface area contributed by atoms with Gasteiger partial charge in [0, 0.05) is 30.9 Å². The number of nitrogens with zero attached hydrogens (tertiary/aromatic N) is 3. The summed E-state index contributed by atoms with van der Waals surface area (Å²) in [5.41, 5.74) is 1.02. The maximum atomic E-state index is 14.5. The topological polar surface area (TPSA) is 81.2 Å². The van der Waals surface area contributed by atoms with E-state index in [9.17, 15) is 19.5 Å². The maximum Gasteiger partial charge on any atom is 0.247 e. The largest absolute Gasteiger partial charge is 0.394 e. The third-order valence-electron chi connectivity index (χ3n) is 9.06. The lowest BCUT2D eigenvalue weighted by Crippen LogP contribution is -2.58. The van der Waals surface area contributed by atoms with Crippen molar-refractivity contribution in [2.45, 2.75) is 87.5 Å². The van der Waals surface area contributed by atoms with Gasteiger partial charge in [0.1, 0.15) is 6.04 Å². The van der Waals surface area contributed by atoms with Gasteiger partial charge in [0.15, 0.2) is 0 Å². The molecular formula is C32H45N3O4S. The van der Waals surface area contributed by atoms with Gasteiger partial charge < -0.3 is 19.8 Å². The lowest BCUT2D eigenvalue weighted by molar-refractivity contribution is -0.147. The number of thioether (sulfide) groups is 1. The van der Waals surface area contributed by atoms with Crippen molar-refractivity contribution in [2.24, 2.45) is 11.8 Å². The van der Waals surface area contributed by atoms with Crippen LogP contribution in [0.25, 0.3) is 0 Å². The lowest BCUT2D eigenvalue weighted by atomic mass is 9.70. The molecule has 2 bridgehead atoms. The second-order valence-corrected chi connectivity index (χ2v) is 13.1. The van der Waals surface area contributed by atoms with Gasteiger partial charge in [-0.2, -0.15) is 0 Å². The van der Waals surface area contributed by atoms with Crippen LogP contribution in [0.1, 0.15) is 58.4 Å². The molecule has 4 rings (SSSR count). The quantitative estimate of drug-likeness (QED) is 0.340. The average molecular weight is 568 g/mol. The van der Waals surface area contributed by atoms with Gasteiger partial charge in [-0.1, -0.05) is 62.8 Å². The first-order valence-electron chi connectivity index (χ1n) is 14.7. The van der Waals surface area contributed by atoms with E-state index in [2.05, 4.69) is 20.1 Å². The number of rotatable bonds is 14. The van der Waals surface area contributed by atoms with E-state index in [1.54, 1.807) is 33.7 Å². The second kappa shape index (κ2) is 12.9. The molecule has 1 spiro atoms. The monoisotopic (exact) mass is 567 g/mol. The van der Waals surface area contributed by atoms with Gasteiger partial charge in [0.05, 0.1) is 29.2 Å². The Hall–Kier alpha value is -2.58. The molecule has 1 aromatic rings. The Morgan fingerprint density at radius 3 is 2.48 bits per heavy atom. The van der Waals surface area contributed by atoms with E-state index < -0.39 is 28.7 Å². The Kier molecular flexibility index (Phi) is 9.83. The van der Waals surface area contributed by atoms with Crippen molar-refractivity contribution in [3.05, 3.63) is 61.2 Å². The van der Waals surface area contributed by atoms with Gasteiger partial charge in [0.2, 0.25) is 17.7 Å². The van der Waals surface area contributed by atoms with E-state index >= 15 is 0 Å². The van der Waals surface area contributed by atoms with Crippen LogP contribution in [0.2, 0.25) is 0 Å². The number of amides is 3. The predicted octanol–water partition coefficient (Wildman–Crippen LogP) is 4.27. The van der Waals surface area contributed by atoms with Gasteiger partial charge in [-0.15, -0.1) is 24.9 Å². The molecule has 1 N–H and O–H groups in total. The Balaban J connectivity index is 1.74. The van der Waals surface area contributed by atoms with Crippen molar-refractivity contribution < 1.29 is 19.5 Å². The highest BCUT2D eigenvalue weighted by molar-refractivity contribution is 8.02. The molecule has 0 aromatic heterocycles. The molecule has 3 amide bonds. The first-order valence-corrected chi connectivity index (χ1v) is 15.6. The zero-order valence-electron chi connectivity index (χ0n) is 24.2. The molecule has 0 radical (unpaired) electrons. The third kappa shape index (κ3) is 5.25. The Labute approximate surface area is 243 Å². The first kappa shape index (κ1) is 30.4. The van der Waals surface area contributed by atoms with Crippen molar-refractivity contribution in [3.63, 3.8) is 0 Å². The summed E-state index contributed by atoms with van der Waals surface area (Å²) in [4.78, 5) is 48.5. The van der Waals surface area contributed by atoms with Crippen LogP contribution in [-0.2, 0) is 20.9 Å². The van der Waals surface area contributed by atoms with Crippen LogP contribution in [0.15, 0.2) is 55.6 Å². The van der Waals surface area contributed by atoms with Crippen LogP contribution < -0.4 is 0 Å². The molecule has 218 valence electrons. The van der Waals surface area contributed by atoms with Crippen LogP contribution in [-0.4, -0.2) is 85.3 Å². The van der Waals surface area contributed by atoms with E-state index in [4.69, 9.17) is 0 Å². The molecule has 0 saturated carbocycles. The smallest absolute Gasteiger partial charge is 0.247 e. The molecule has 3 aliphatic rings. The van der Waals surface area contributed by atoms with Crippen LogP contribution >= 0.6 is 11.8 Å². The minimum absolute atomic E-state index is 0.00732. The van der Waals surface area contributed by atoms with Crippen LogP contribution in [0, 0.1) is 11.8 Å². The van der Waals surface area contributed by atoms with Gasteiger partial charge >= 0.3 is 0 Å². The van der Waals surface area contributed by atoms with Crippen LogP contribution in [0.3, 0.4) is 0 Å². The average Bonchev–Trinajstić information content (AvgIpc) is 3.60. The van der Waals surface area contributed by atoms with Crippen LogP contribution in [0.5, 0.6) is 0 Å². The van der Waals surface area contributed by atoms with E-state index in [-0.39, 0.29) is 35.6 Å². The molecule has 3 fully saturated rings. The fourth-order valence-electron chi connectivity index (χ4n) is 7.22. The zero-order chi connectivity index (χ0) is 29.0. The predicted molar refractivity (Wildman–Crippen MR) is 160 cm³/mol. The molecule has 40 heavy (non-hydrogen) atoms. The summed E-state index contributed by atoms with van der Waals surface area (Å²) in [6.07, 6.45) is 7.29. The fraction of sp³-hybridized carbons (Fsp3) is 0.594. The summed E-state index contributed by atoms with van der Waals surface area (Å²) in [5, 5.41) is 10.3. The lowest BCUT2D eigenvalue weighted by Gasteiger charge is -2.41. The highest BCUT2D eigenvalue weighted by atomic mass is 32.2. The molecule has 8 heteroatoms. The summed E-state index contributed by atoms with van der Waals surface area (Å²) in [6.45, 7) is 14.9. The molecule has 3 saturated heterocycles. The summed E-state index contributed by atoms with van der Waals surface area (Å²) in [5.74, 6) is -1.39. The van der Waals surface area contributed by atoms with Gasteiger partial charge in [0.25, 0.3) is 0 Å². The van der Waals surface area contributed by atoms with Crippen molar-refractivity contribution in [3.8, 4) is 0 Å². The minimum Gasteiger partial charge on any atom is -0.394 e. The van der Waals surface area contributed by atoms with Crippen molar-refractivity contribution in [1.82, 2.24) is 14.7 Å². The first-order chi connectivity index (χ1) is 19.3. The molecule has 3 heterocycles. The molecular weight excluding hydrogens is 522 g/mol. The van der Waals surface area contributed by atoms with E-state index in [1.807, 2.05) is 49.1 Å². The number of aliphatic hydroxyl groups excluding tert-OH is 1. The molecule has 3 aliphatic heterocycles. The normalized spacial score (nSPS) is 28.2. The summed E-state index contributed by atoms with van der Waals surface area (Å²) in [6, 6.07) is 8.66. The number of likely N-dealkylation sites (tertiary alicyclic amines) is 1. The summed E-state index contributed by atoms with van der Waals surface area (Å²) < 4.78 is -0.681. The summed E-state index contributed by atoms with van der Waals surface area (Å²) >= 11 is 1.68. The highest BCUT2D eigenvalue weighted by Crippen LogP contribution is 2.67. The third-order valence-corrected chi connectivity index (χ3v) is 11.0. The number of hydrogen-bond acceptors (Lipinski definition) is 5. The van der Waals surface area contributed by atoms with E-state index in [0.29, 0.717) is 32.5 Å². The molecule has 1 aromatic carbocycles. The maximum absolute atomic E-state index is 14.5. The number of fused-ring (bicyclic) bond motifs is 1. The Bertz CT molecular complexity index is 1090. The van der Waals surface area contributed by atoms with Gasteiger partial charge in [-0.3, -0.25) is 14.4 Å². The SMILES string of the molecule is C=CCN(Cc1ccccc1)C(=O)[C@@H]1[C@H]2C(=O)N([C@@H](CC)CO)C(C(=O)N(CC=C)C(C)CCC)C23CC[C@H]1S3. The fourth-order valence-corrected chi connectivity index (χ4v) is 9.41. The summed E-state index contributed by atoms with van der Waals surface area (Å²) in [7, 11) is 0. The highest BCUT2D eigenvalue weighted by Gasteiger charge is 2.74. The van der Waals surface area contributed by atoms with E-state index in [1.165, 1.54) is 0 Å². The van der Waals surface area contributed by atoms with Gasteiger partial charge in [-0.05, 0) is 38.2 Å². The number of hydrogen-bond donors (Lipinski definition) is 1.